The van der Waals surface area contributed by atoms with Crippen LogP contribution in [0.25, 0.3) is 11.5 Å². The van der Waals surface area contributed by atoms with Gasteiger partial charge < -0.3 is 10.2 Å². The van der Waals surface area contributed by atoms with Gasteiger partial charge in [0.15, 0.2) is 0 Å². The van der Waals surface area contributed by atoms with E-state index in [1.807, 2.05) is 0 Å². The zero-order valence-corrected chi connectivity index (χ0v) is 9.38. The number of nitro benzene ring substituents is 1. The lowest BCUT2D eigenvalue weighted by molar-refractivity contribution is -0.384. The Morgan fingerprint density at radius 2 is 2.28 bits per heavy atom. The molecule has 0 radical (unpaired) electrons. The zero-order valence-electron chi connectivity index (χ0n) is 9.38. The molecule has 0 fully saturated rings. The summed E-state index contributed by atoms with van der Waals surface area (Å²) in [7, 11) is 0. The second-order valence-corrected chi connectivity index (χ2v) is 3.60. The van der Waals surface area contributed by atoms with E-state index in [0.29, 0.717) is 5.56 Å². The van der Waals surface area contributed by atoms with E-state index in [1.54, 1.807) is 19.1 Å². The zero-order chi connectivity index (χ0) is 13.3. The van der Waals surface area contributed by atoms with Crippen LogP contribution in [0.15, 0.2) is 22.6 Å². The minimum Gasteiger partial charge on any atom is -0.419 e. The fourth-order valence-corrected chi connectivity index (χ4v) is 1.48. The summed E-state index contributed by atoms with van der Waals surface area (Å²) < 4.78 is 5.13. The van der Waals surface area contributed by atoms with Crippen molar-refractivity contribution in [2.75, 3.05) is 5.73 Å². The molecule has 1 heterocycles. The topological polar surface area (TPSA) is 119 Å². The molecule has 0 atom stereocenters. The number of hydrogen-bond acceptors (Lipinski definition) is 6. The predicted molar refractivity (Wildman–Crippen MR) is 62.5 cm³/mol. The Morgan fingerprint density at radius 3 is 2.83 bits per heavy atom. The van der Waals surface area contributed by atoms with Gasteiger partial charge in [-0.1, -0.05) is 6.07 Å². The number of aromatic nitrogens is 1. The van der Waals surface area contributed by atoms with Crippen molar-refractivity contribution in [3.8, 4) is 17.5 Å². The summed E-state index contributed by atoms with van der Waals surface area (Å²) in [6.45, 7) is 1.76. The Kier molecular flexibility index (Phi) is 2.69. The van der Waals surface area contributed by atoms with Gasteiger partial charge in [-0.2, -0.15) is 10.2 Å². The molecule has 2 aromatic rings. The lowest BCUT2D eigenvalue weighted by Gasteiger charge is -2.00. The van der Waals surface area contributed by atoms with Crippen LogP contribution in [0.1, 0.15) is 11.3 Å². The van der Waals surface area contributed by atoms with Gasteiger partial charge in [0, 0.05) is 17.7 Å². The van der Waals surface area contributed by atoms with Crippen molar-refractivity contribution in [2.45, 2.75) is 6.92 Å². The number of non-ortho nitro benzene ring substituents is 1. The average molecular weight is 244 g/mol. The van der Waals surface area contributed by atoms with Crippen molar-refractivity contribution in [3.05, 3.63) is 39.6 Å². The molecule has 0 aliphatic carbocycles. The maximum atomic E-state index is 10.7. The monoisotopic (exact) mass is 244 g/mol. The summed E-state index contributed by atoms with van der Waals surface area (Å²) in [4.78, 5) is 14.1. The van der Waals surface area contributed by atoms with Crippen molar-refractivity contribution in [1.29, 1.82) is 5.26 Å². The van der Waals surface area contributed by atoms with E-state index in [4.69, 9.17) is 15.4 Å². The maximum absolute atomic E-state index is 10.7. The third-order valence-electron chi connectivity index (χ3n) is 2.42. The van der Waals surface area contributed by atoms with Crippen molar-refractivity contribution in [1.82, 2.24) is 4.98 Å². The molecular formula is C11H8N4O3. The number of benzene rings is 1. The Labute approximate surface area is 102 Å². The molecule has 0 unspecified atom stereocenters. The highest BCUT2D eigenvalue weighted by atomic mass is 16.6. The number of nitriles is 1. The lowest BCUT2D eigenvalue weighted by atomic mass is 10.1. The van der Waals surface area contributed by atoms with Crippen molar-refractivity contribution < 1.29 is 9.34 Å². The first kappa shape index (κ1) is 11.6. The van der Waals surface area contributed by atoms with Crippen LogP contribution in [0.4, 0.5) is 11.6 Å². The Balaban J connectivity index is 2.59. The summed E-state index contributed by atoms with van der Waals surface area (Å²) >= 11 is 0. The van der Waals surface area contributed by atoms with Crippen LogP contribution in [0.3, 0.4) is 0 Å². The minimum atomic E-state index is -0.513. The summed E-state index contributed by atoms with van der Waals surface area (Å²) in [5.74, 6) is 0.00339. The number of nitrogens with two attached hydrogens (primary N) is 1. The van der Waals surface area contributed by atoms with Gasteiger partial charge in [0.2, 0.25) is 17.5 Å². The second-order valence-electron chi connectivity index (χ2n) is 3.60. The summed E-state index contributed by atoms with van der Waals surface area (Å²) in [6, 6.07) is 6.08. The Morgan fingerprint density at radius 1 is 1.56 bits per heavy atom. The summed E-state index contributed by atoms with van der Waals surface area (Å²) in [5.41, 5.74) is 6.53. The number of nitro groups is 1. The molecule has 7 nitrogen and oxygen atoms in total. The van der Waals surface area contributed by atoms with Gasteiger partial charge in [0.05, 0.1) is 4.92 Å². The average Bonchev–Trinajstić information content (AvgIpc) is 2.70. The lowest BCUT2D eigenvalue weighted by Crippen LogP contribution is -1.90. The van der Waals surface area contributed by atoms with Crippen LogP contribution in [-0.4, -0.2) is 9.91 Å². The van der Waals surface area contributed by atoms with Crippen LogP contribution >= 0.6 is 0 Å². The first-order valence-corrected chi connectivity index (χ1v) is 4.94. The minimum absolute atomic E-state index is 0.0316. The highest BCUT2D eigenvalue weighted by Gasteiger charge is 2.16. The standard InChI is InChI=1S/C11H8N4O3/c1-6-2-3-7(15(16)17)4-8(6)11-14-9(5-12)10(13)18-11/h2-4H,13H2,1H3. The third-order valence-corrected chi connectivity index (χ3v) is 2.42. The predicted octanol–water partition coefficient (Wildman–Crippen LogP) is 2.01. The first-order chi connectivity index (χ1) is 8.52. The molecule has 2 N–H and O–H groups in total. The Bertz CT molecular complexity index is 669. The van der Waals surface area contributed by atoms with E-state index in [2.05, 4.69) is 4.98 Å². The molecular weight excluding hydrogens is 236 g/mol. The van der Waals surface area contributed by atoms with E-state index >= 15 is 0 Å². The molecule has 0 saturated carbocycles. The van der Waals surface area contributed by atoms with Gasteiger partial charge in [0.25, 0.3) is 5.69 Å². The number of anilines is 1. The van der Waals surface area contributed by atoms with E-state index < -0.39 is 4.92 Å². The molecule has 0 aliphatic rings. The number of rotatable bonds is 2. The highest BCUT2D eigenvalue weighted by Crippen LogP contribution is 2.29. The molecule has 0 saturated heterocycles. The SMILES string of the molecule is Cc1ccc([N+](=O)[O-])cc1-c1nc(C#N)c(N)o1. The maximum Gasteiger partial charge on any atom is 0.270 e. The first-order valence-electron chi connectivity index (χ1n) is 4.94. The normalized spacial score (nSPS) is 10.0. The number of hydrogen-bond donors (Lipinski definition) is 1. The molecule has 2 rings (SSSR count). The molecule has 0 spiro atoms. The van der Waals surface area contributed by atoms with Crippen LogP contribution in [0.2, 0.25) is 0 Å². The van der Waals surface area contributed by atoms with Crippen LogP contribution in [0, 0.1) is 28.4 Å². The highest BCUT2D eigenvalue weighted by molar-refractivity contribution is 5.64. The molecule has 1 aromatic heterocycles. The van der Waals surface area contributed by atoms with Gasteiger partial charge >= 0.3 is 0 Å². The largest absolute Gasteiger partial charge is 0.419 e. The fourth-order valence-electron chi connectivity index (χ4n) is 1.48. The van der Waals surface area contributed by atoms with E-state index in [9.17, 15) is 10.1 Å². The molecule has 0 aliphatic heterocycles. The number of nitrogens with zero attached hydrogens (tertiary/aromatic N) is 3. The van der Waals surface area contributed by atoms with Gasteiger partial charge in [-0.15, -0.1) is 0 Å². The van der Waals surface area contributed by atoms with Crippen LogP contribution < -0.4 is 5.73 Å². The molecule has 90 valence electrons. The number of oxazole rings is 1. The van der Waals surface area contributed by atoms with Crippen molar-refractivity contribution in [2.24, 2.45) is 0 Å². The van der Waals surface area contributed by atoms with Gasteiger partial charge in [0.1, 0.15) is 6.07 Å². The molecule has 0 amide bonds. The van der Waals surface area contributed by atoms with Gasteiger partial charge in [-0.3, -0.25) is 10.1 Å². The summed E-state index contributed by atoms with van der Waals surface area (Å²) in [6.07, 6.45) is 0. The second kappa shape index (κ2) is 4.18. The smallest absolute Gasteiger partial charge is 0.270 e. The van der Waals surface area contributed by atoms with E-state index in [0.717, 1.165) is 5.56 Å². The van der Waals surface area contributed by atoms with Crippen LogP contribution in [0.5, 0.6) is 0 Å². The van der Waals surface area contributed by atoms with E-state index in [1.165, 1.54) is 12.1 Å². The quantitative estimate of drug-likeness (QED) is 0.637. The van der Waals surface area contributed by atoms with E-state index in [-0.39, 0.29) is 23.2 Å². The number of aryl methyl sites for hydroxylation is 1. The third kappa shape index (κ3) is 1.87. The fraction of sp³-hybridized carbons (Fsp3) is 0.0909. The summed E-state index contributed by atoms with van der Waals surface area (Å²) in [5, 5.41) is 19.4. The molecule has 18 heavy (non-hydrogen) atoms. The van der Waals surface area contributed by atoms with Gasteiger partial charge in [-0.05, 0) is 12.5 Å². The molecule has 7 heteroatoms. The molecule has 1 aromatic carbocycles. The van der Waals surface area contributed by atoms with Crippen molar-refractivity contribution in [3.63, 3.8) is 0 Å². The number of nitrogen functional groups attached to an aromatic ring is 1. The van der Waals surface area contributed by atoms with Crippen LogP contribution in [-0.2, 0) is 0 Å². The Hall–Kier alpha value is -2.88. The van der Waals surface area contributed by atoms with Crippen molar-refractivity contribution >= 4 is 11.6 Å². The van der Waals surface area contributed by atoms with Gasteiger partial charge in [-0.25, -0.2) is 0 Å². The molecule has 0 bridgehead atoms.